The molecule has 7 heteroatoms. The molecule has 0 spiro atoms. The second-order valence-corrected chi connectivity index (χ2v) is 6.81. The van der Waals surface area contributed by atoms with E-state index in [1.807, 2.05) is 19.1 Å². The molecule has 1 unspecified atom stereocenters. The SMILES string of the molecule is Cc1cccc(NC(=O)C2CCCN(C(=O)COc3ccc(C=O)cc3)C2)n1. The van der Waals surface area contributed by atoms with Crippen LogP contribution in [0.3, 0.4) is 0 Å². The van der Waals surface area contributed by atoms with Gasteiger partial charge in [0.1, 0.15) is 17.9 Å². The summed E-state index contributed by atoms with van der Waals surface area (Å²) in [6.07, 6.45) is 2.24. The highest BCUT2D eigenvalue weighted by Crippen LogP contribution is 2.19. The Labute approximate surface area is 163 Å². The van der Waals surface area contributed by atoms with Crippen molar-refractivity contribution in [3.63, 3.8) is 0 Å². The van der Waals surface area contributed by atoms with Gasteiger partial charge in [-0.05, 0) is 56.2 Å². The van der Waals surface area contributed by atoms with Crippen molar-refractivity contribution < 1.29 is 19.1 Å². The summed E-state index contributed by atoms with van der Waals surface area (Å²) in [7, 11) is 0. The van der Waals surface area contributed by atoms with Gasteiger partial charge < -0.3 is 15.0 Å². The van der Waals surface area contributed by atoms with E-state index in [4.69, 9.17) is 4.74 Å². The first-order chi connectivity index (χ1) is 13.5. The van der Waals surface area contributed by atoms with Crippen molar-refractivity contribution in [1.29, 1.82) is 0 Å². The summed E-state index contributed by atoms with van der Waals surface area (Å²) in [5, 5.41) is 2.83. The van der Waals surface area contributed by atoms with Gasteiger partial charge in [0, 0.05) is 24.3 Å². The van der Waals surface area contributed by atoms with Gasteiger partial charge in [0.15, 0.2) is 6.61 Å². The number of aromatic nitrogens is 1. The molecule has 1 N–H and O–H groups in total. The molecule has 2 amide bonds. The van der Waals surface area contributed by atoms with Crippen molar-refractivity contribution >= 4 is 23.9 Å². The molecule has 146 valence electrons. The molecule has 0 bridgehead atoms. The fourth-order valence-corrected chi connectivity index (χ4v) is 3.14. The van der Waals surface area contributed by atoms with Crippen LogP contribution in [0.25, 0.3) is 0 Å². The lowest BCUT2D eigenvalue weighted by molar-refractivity contribution is -0.136. The van der Waals surface area contributed by atoms with Crippen LogP contribution in [0.4, 0.5) is 5.82 Å². The van der Waals surface area contributed by atoms with Crippen LogP contribution in [0.15, 0.2) is 42.5 Å². The predicted octanol–water partition coefficient (Wildman–Crippen LogP) is 2.46. The van der Waals surface area contributed by atoms with E-state index in [9.17, 15) is 14.4 Å². The molecule has 1 aromatic carbocycles. The van der Waals surface area contributed by atoms with Crippen molar-refractivity contribution in [2.75, 3.05) is 25.0 Å². The fraction of sp³-hybridized carbons (Fsp3) is 0.333. The van der Waals surface area contributed by atoms with Gasteiger partial charge in [0.05, 0.1) is 5.92 Å². The molecule has 1 fully saturated rings. The van der Waals surface area contributed by atoms with E-state index >= 15 is 0 Å². The molecule has 28 heavy (non-hydrogen) atoms. The van der Waals surface area contributed by atoms with Crippen LogP contribution in [0, 0.1) is 12.8 Å². The molecule has 1 atom stereocenters. The Hall–Kier alpha value is -3.22. The number of aryl methyl sites for hydroxylation is 1. The van der Waals surface area contributed by atoms with Gasteiger partial charge in [-0.2, -0.15) is 0 Å². The highest BCUT2D eigenvalue weighted by atomic mass is 16.5. The van der Waals surface area contributed by atoms with E-state index in [2.05, 4.69) is 10.3 Å². The zero-order valence-electron chi connectivity index (χ0n) is 15.8. The molecule has 0 aliphatic carbocycles. The number of nitrogens with zero attached hydrogens (tertiary/aromatic N) is 2. The van der Waals surface area contributed by atoms with Gasteiger partial charge in [0.2, 0.25) is 5.91 Å². The standard InChI is InChI=1S/C21H23N3O4/c1-15-4-2-6-19(22-15)23-21(27)17-5-3-11-24(12-17)20(26)14-28-18-9-7-16(13-25)8-10-18/h2,4,6-10,13,17H,3,5,11-12,14H2,1H3,(H,22,23,27). The summed E-state index contributed by atoms with van der Waals surface area (Å²) in [6, 6.07) is 12.0. The Morgan fingerprint density at radius 1 is 1.25 bits per heavy atom. The first kappa shape index (κ1) is 19.5. The third-order valence-electron chi connectivity index (χ3n) is 4.66. The van der Waals surface area contributed by atoms with Crippen molar-refractivity contribution in [3.05, 3.63) is 53.7 Å². The summed E-state index contributed by atoms with van der Waals surface area (Å²) < 4.78 is 5.51. The number of benzene rings is 1. The number of nitrogens with one attached hydrogen (secondary N) is 1. The minimum Gasteiger partial charge on any atom is -0.484 e. The maximum atomic E-state index is 12.5. The molecule has 1 aromatic heterocycles. The van der Waals surface area contributed by atoms with Crippen molar-refractivity contribution in [3.8, 4) is 5.75 Å². The Morgan fingerprint density at radius 3 is 2.75 bits per heavy atom. The Morgan fingerprint density at radius 2 is 2.04 bits per heavy atom. The smallest absolute Gasteiger partial charge is 0.260 e. The summed E-state index contributed by atoms with van der Waals surface area (Å²) in [5.41, 5.74) is 1.38. The van der Waals surface area contributed by atoms with Crippen molar-refractivity contribution in [2.45, 2.75) is 19.8 Å². The minimum absolute atomic E-state index is 0.103. The van der Waals surface area contributed by atoms with Crippen molar-refractivity contribution in [2.24, 2.45) is 5.92 Å². The first-order valence-corrected chi connectivity index (χ1v) is 9.25. The van der Waals surface area contributed by atoms with Crippen LogP contribution in [0.1, 0.15) is 28.9 Å². The van der Waals surface area contributed by atoms with Gasteiger partial charge in [-0.25, -0.2) is 4.98 Å². The summed E-state index contributed by atoms with van der Waals surface area (Å²) in [4.78, 5) is 41.6. The molecule has 0 saturated carbocycles. The molecule has 1 aliphatic heterocycles. The summed E-state index contributed by atoms with van der Waals surface area (Å²) >= 11 is 0. The van der Waals surface area contributed by atoms with Crippen LogP contribution in [-0.4, -0.2) is 47.7 Å². The zero-order chi connectivity index (χ0) is 19.9. The molecule has 0 radical (unpaired) electrons. The lowest BCUT2D eigenvalue weighted by Gasteiger charge is -2.32. The molecule has 1 aliphatic rings. The van der Waals surface area contributed by atoms with Crippen molar-refractivity contribution in [1.82, 2.24) is 9.88 Å². The fourth-order valence-electron chi connectivity index (χ4n) is 3.14. The van der Waals surface area contributed by atoms with Crippen LogP contribution >= 0.6 is 0 Å². The second-order valence-electron chi connectivity index (χ2n) is 6.81. The van der Waals surface area contributed by atoms with E-state index in [0.717, 1.165) is 24.8 Å². The highest BCUT2D eigenvalue weighted by molar-refractivity contribution is 5.92. The molecule has 3 rings (SSSR count). The average Bonchev–Trinajstić information content (AvgIpc) is 2.72. The zero-order valence-corrected chi connectivity index (χ0v) is 15.8. The van der Waals surface area contributed by atoms with Crippen LogP contribution < -0.4 is 10.1 Å². The van der Waals surface area contributed by atoms with E-state index in [-0.39, 0.29) is 24.3 Å². The molecule has 1 saturated heterocycles. The van der Waals surface area contributed by atoms with Gasteiger partial charge >= 0.3 is 0 Å². The summed E-state index contributed by atoms with van der Waals surface area (Å²) in [6.45, 7) is 2.74. The largest absolute Gasteiger partial charge is 0.484 e. The maximum absolute atomic E-state index is 12.5. The van der Waals surface area contributed by atoms with Crippen LogP contribution in [0.5, 0.6) is 5.75 Å². The first-order valence-electron chi connectivity index (χ1n) is 9.25. The van der Waals surface area contributed by atoms with Gasteiger partial charge in [0.25, 0.3) is 5.91 Å². The van der Waals surface area contributed by atoms with E-state index in [1.165, 1.54) is 0 Å². The Balaban J connectivity index is 1.52. The number of anilines is 1. The van der Waals surface area contributed by atoms with E-state index in [0.29, 0.717) is 30.2 Å². The lowest BCUT2D eigenvalue weighted by Crippen LogP contribution is -2.45. The molecule has 2 heterocycles. The quantitative estimate of drug-likeness (QED) is 0.777. The van der Waals surface area contributed by atoms with Crippen LogP contribution in [0.2, 0.25) is 0 Å². The lowest BCUT2D eigenvalue weighted by atomic mass is 9.97. The van der Waals surface area contributed by atoms with E-state index < -0.39 is 0 Å². The predicted molar refractivity (Wildman–Crippen MR) is 104 cm³/mol. The average molecular weight is 381 g/mol. The molecule has 7 nitrogen and oxygen atoms in total. The third kappa shape index (κ3) is 5.16. The molecule has 2 aromatic rings. The number of hydrogen-bond acceptors (Lipinski definition) is 5. The number of aldehydes is 1. The second kappa shape index (κ2) is 9.12. The number of hydrogen-bond donors (Lipinski definition) is 1. The number of carbonyl (C=O) groups excluding carboxylic acids is 3. The van der Waals surface area contributed by atoms with Gasteiger partial charge in [-0.1, -0.05) is 6.07 Å². The highest BCUT2D eigenvalue weighted by Gasteiger charge is 2.28. The van der Waals surface area contributed by atoms with Gasteiger partial charge in [-0.3, -0.25) is 14.4 Å². The number of carbonyl (C=O) groups is 3. The maximum Gasteiger partial charge on any atom is 0.260 e. The van der Waals surface area contributed by atoms with Crippen LogP contribution in [-0.2, 0) is 9.59 Å². The molecular weight excluding hydrogens is 358 g/mol. The summed E-state index contributed by atoms with van der Waals surface area (Å²) in [5.74, 6) is 0.491. The number of ether oxygens (including phenoxy) is 1. The Kier molecular flexibility index (Phi) is 6.37. The monoisotopic (exact) mass is 381 g/mol. The number of rotatable bonds is 6. The number of piperidine rings is 1. The number of amides is 2. The number of likely N-dealkylation sites (tertiary alicyclic amines) is 1. The topological polar surface area (TPSA) is 88.6 Å². The Bertz CT molecular complexity index is 851. The third-order valence-corrected chi connectivity index (χ3v) is 4.66. The van der Waals surface area contributed by atoms with E-state index in [1.54, 1.807) is 35.2 Å². The number of pyridine rings is 1. The normalized spacial score (nSPS) is 16.3. The minimum atomic E-state index is -0.271. The molecular formula is C21H23N3O4. The van der Waals surface area contributed by atoms with Gasteiger partial charge in [-0.15, -0.1) is 0 Å².